The third kappa shape index (κ3) is 4.94. The third-order valence-electron chi connectivity index (χ3n) is 7.65. The summed E-state index contributed by atoms with van der Waals surface area (Å²) >= 11 is 0. The first-order valence-corrected chi connectivity index (χ1v) is 13.3. The van der Waals surface area contributed by atoms with E-state index in [1.54, 1.807) is 9.25 Å². The van der Waals surface area contributed by atoms with Gasteiger partial charge in [-0.3, -0.25) is 13.9 Å². The minimum absolute atomic E-state index is 0.196. The van der Waals surface area contributed by atoms with Crippen LogP contribution in [0.5, 0.6) is 0 Å². The maximum absolute atomic E-state index is 13.4. The first kappa shape index (κ1) is 27.0. The van der Waals surface area contributed by atoms with E-state index in [4.69, 9.17) is 14.4 Å². The molecule has 39 heavy (non-hydrogen) atoms. The zero-order chi connectivity index (χ0) is 28.1. The minimum Gasteiger partial charge on any atom is -0.399 e. The number of nitrogens with one attached hydrogen (secondary N) is 1. The Morgan fingerprint density at radius 3 is 2.15 bits per heavy atom. The van der Waals surface area contributed by atoms with Gasteiger partial charge >= 0.3 is 12.8 Å². The fourth-order valence-corrected chi connectivity index (χ4v) is 4.72. The van der Waals surface area contributed by atoms with Crippen LogP contribution in [0.4, 0.5) is 11.5 Å². The molecule has 0 unspecified atom stereocenters. The normalized spacial score (nSPS) is 16.4. The molecule has 1 saturated heterocycles. The summed E-state index contributed by atoms with van der Waals surface area (Å²) in [4.78, 5) is 26.5. The molecule has 9 nitrogen and oxygen atoms in total. The summed E-state index contributed by atoms with van der Waals surface area (Å²) in [6.07, 6.45) is 0. The van der Waals surface area contributed by atoms with Crippen LogP contribution >= 0.6 is 0 Å². The molecule has 0 bridgehead atoms. The summed E-state index contributed by atoms with van der Waals surface area (Å²) in [6, 6.07) is 17.7. The van der Waals surface area contributed by atoms with Crippen LogP contribution in [0.15, 0.2) is 64.2 Å². The number of hydrogen-bond acceptors (Lipinski definition) is 6. The van der Waals surface area contributed by atoms with Crippen molar-refractivity contribution in [1.29, 1.82) is 0 Å². The van der Waals surface area contributed by atoms with Gasteiger partial charge in [0.2, 0.25) is 0 Å². The van der Waals surface area contributed by atoms with Gasteiger partial charge in [-0.1, -0.05) is 56.3 Å². The van der Waals surface area contributed by atoms with Crippen LogP contribution in [-0.2, 0) is 29.4 Å². The summed E-state index contributed by atoms with van der Waals surface area (Å²) in [5.74, 6) is 0.742. The molecule has 5 rings (SSSR count). The van der Waals surface area contributed by atoms with Crippen molar-refractivity contribution in [3.8, 4) is 0 Å². The zero-order valence-corrected chi connectivity index (χ0v) is 23.7. The Kier molecular flexibility index (Phi) is 6.80. The van der Waals surface area contributed by atoms with Gasteiger partial charge in [0.25, 0.3) is 5.56 Å². The fraction of sp³-hybridized carbons (Fsp3) is 0.414. The van der Waals surface area contributed by atoms with Crippen molar-refractivity contribution in [2.75, 3.05) is 5.32 Å². The van der Waals surface area contributed by atoms with Crippen molar-refractivity contribution < 1.29 is 9.31 Å². The number of anilines is 2. The van der Waals surface area contributed by atoms with Gasteiger partial charge in [-0.15, -0.1) is 0 Å². The van der Waals surface area contributed by atoms with Gasteiger partial charge in [-0.05, 0) is 56.8 Å². The lowest BCUT2D eigenvalue weighted by Gasteiger charge is -2.32. The Bertz CT molecular complexity index is 1600. The number of para-hydroxylation sites is 1. The van der Waals surface area contributed by atoms with E-state index in [9.17, 15) is 9.59 Å². The monoisotopic (exact) mass is 529 g/mol. The lowest BCUT2D eigenvalue weighted by atomic mass is 9.79. The summed E-state index contributed by atoms with van der Waals surface area (Å²) in [7, 11) is 1.07. The molecule has 1 fully saturated rings. The van der Waals surface area contributed by atoms with Crippen LogP contribution in [-0.4, -0.2) is 37.2 Å². The van der Waals surface area contributed by atoms with Crippen molar-refractivity contribution in [3.05, 3.63) is 81.0 Å². The smallest absolute Gasteiger partial charge is 0.399 e. The van der Waals surface area contributed by atoms with E-state index in [-0.39, 0.29) is 17.2 Å². The van der Waals surface area contributed by atoms with Gasteiger partial charge in [0, 0.05) is 19.3 Å². The molecule has 2 aromatic carbocycles. The Labute approximate surface area is 228 Å². The highest BCUT2D eigenvalue weighted by atomic mass is 16.7. The van der Waals surface area contributed by atoms with E-state index in [0.29, 0.717) is 29.9 Å². The van der Waals surface area contributed by atoms with Crippen LogP contribution in [0, 0.1) is 5.92 Å². The van der Waals surface area contributed by atoms with Crippen LogP contribution in [0.25, 0.3) is 11.0 Å². The quantitative estimate of drug-likeness (QED) is 0.368. The fourth-order valence-electron chi connectivity index (χ4n) is 4.72. The first-order chi connectivity index (χ1) is 18.4. The molecule has 1 aliphatic rings. The first-order valence-electron chi connectivity index (χ1n) is 13.3. The van der Waals surface area contributed by atoms with E-state index in [1.807, 2.05) is 96.1 Å². The Morgan fingerprint density at radius 2 is 1.56 bits per heavy atom. The molecule has 0 atom stereocenters. The molecule has 204 valence electrons. The van der Waals surface area contributed by atoms with Gasteiger partial charge < -0.3 is 14.6 Å². The van der Waals surface area contributed by atoms with Gasteiger partial charge in [0.1, 0.15) is 11.2 Å². The number of hydrogen-bond donors (Lipinski definition) is 1. The van der Waals surface area contributed by atoms with Gasteiger partial charge in [0.15, 0.2) is 5.65 Å². The molecule has 2 aromatic heterocycles. The summed E-state index contributed by atoms with van der Waals surface area (Å²) in [6.45, 7) is 13.1. The predicted molar refractivity (Wildman–Crippen MR) is 155 cm³/mol. The Hall–Kier alpha value is -3.63. The van der Waals surface area contributed by atoms with Crippen LogP contribution in [0.1, 0.15) is 47.1 Å². The Morgan fingerprint density at radius 1 is 0.949 bits per heavy atom. The van der Waals surface area contributed by atoms with Crippen molar-refractivity contribution in [1.82, 2.24) is 18.9 Å². The van der Waals surface area contributed by atoms with E-state index < -0.39 is 18.3 Å². The summed E-state index contributed by atoms with van der Waals surface area (Å²) in [5.41, 5.74) is 1.53. The molecular weight excluding hydrogens is 493 g/mol. The van der Waals surface area contributed by atoms with Crippen molar-refractivity contribution >= 4 is 35.1 Å². The lowest BCUT2D eigenvalue weighted by molar-refractivity contribution is 0.00578. The molecule has 10 heteroatoms. The summed E-state index contributed by atoms with van der Waals surface area (Å²) < 4.78 is 16.9. The SMILES string of the molecule is CC(C)Cn1c(=O)n(C)c(=O)c2c(Nc3ccccc3)n(Cc3ccc(B4OC(C)(C)C(C)(C)O4)cc3)nc21. The number of nitrogens with zero attached hydrogens (tertiary/aromatic N) is 4. The van der Waals surface area contributed by atoms with E-state index in [2.05, 4.69) is 5.32 Å². The lowest BCUT2D eigenvalue weighted by Crippen LogP contribution is -2.41. The second-order valence-electron chi connectivity index (χ2n) is 11.7. The molecule has 0 aliphatic carbocycles. The average Bonchev–Trinajstić information content (AvgIpc) is 3.33. The zero-order valence-electron chi connectivity index (χ0n) is 23.7. The highest BCUT2D eigenvalue weighted by Crippen LogP contribution is 2.36. The van der Waals surface area contributed by atoms with Crippen LogP contribution in [0.2, 0.25) is 0 Å². The number of aromatic nitrogens is 4. The average molecular weight is 529 g/mol. The molecule has 4 aromatic rings. The van der Waals surface area contributed by atoms with E-state index >= 15 is 0 Å². The van der Waals surface area contributed by atoms with Crippen molar-refractivity contribution in [2.45, 2.75) is 65.8 Å². The van der Waals surface area contributed by atoms with Gasteiger partial charge in [-0.25, -0.2) is 9.48 Å². The van der Waals surface area contributed by atoms with Crippen molar-refractivity contribution in [2.24, 2.45) is 13.0 Å². The molecule has 0 spiro atoms. The Balaban J connectivity index is 1.56. The molecule has 0 radical (unpaired) electrons. The highest BCUT2D eigenvalue weighted by Gasteiger charge is 2.51. The molecule has 1 N–H and O–H groups in total. The van der Waals surface area contributed by atoms with E-state index in [0.717, 1.165) is 21.3 Å². The third-order valence-corrected chi connectivity index (χ3v) is 7.65. The van der Waals surface area contributed by atoms with Gasteiger partial charge in [-0.2, -0.15) is 5.10 Å². The molecule has 0 amide bonds. The van der Waals surface area contributed by atoms with Crippen LogP contribution < -0.4 is 22.0 Å². The molecule has 1 aliphatic heterocycles. The van der Waals surface area contributed by atoms with Crippen molar-refractivity contribution in [3.63, 3.8) is 0 Å². The second kappa shape index (κ2) is 9.84. The topological polar surface area (TPSA) is 92.3 Å². The number of fused-ring (bicyclic) bond motifs is 1. The van der Waals surface area contributed by atoms with E-state index in [1.165, 1.54) is 7.05 Å². The summed E-state index contributed by atoms with van der Waals surface area (Å²) in [5, 5.41) is 8.59. The second-order valence-corrected chi connectivity index (χ2v) is 11.7. The standard InChI is InChI=1S/C29H36BN5O4/c1-19(2)17-34-25-23(26(36)33(7)27(34)37)24(31-22-11-9-8-10-12-22)35(32-25)18-20-13-15-21(16-14-20)30-38-28(3,4)29(5,6)39-30/h8-16,19,31H,17-18H2,1-7H3. The predicted octanol–water partition coefficient (Wildman–Crippen LogP) is 3.64. The molecule has 0 saturated carbocycles. The largest absolute Gasteiger partial charge is 0.494 e. The van der Waals surface area contributed by atoms with Gasteiger partial charge in [0.05, 0.1) is 17.7 Å². The molecular formula is C29H36BN5O4. The highest BCUT2D eigenvalue weighted by molar-refractivity contribution is 6.62. The maximum Gasteiger partial charge on any atom is 0.494 e. The number of benzene rings is 2. The number of rotatable bonds is 7. The maximum atomic E-state index is 13.4. The molecule has 3 heterocycles. The van der Waals surface area contributed by atoms with Crippen LogP contribution in [0.3, 0.4) is 0 Å². The minimum atomic E-state index is -0.444.